The van der Waals surface area contributed by atoms with Crippen molar-refractivity contribution in [3.8, 4) is 0 Å². The van der Waals surface area contributed by atoms with Crippen LogP contribution in [0.15, 0.2) is 34.6 Å². The highest BCUT2D eigenvalue weighted by Gasteiger charge is 2.02. The van der Waals surface area contributed by atoms with Crippen LogP contribution in [0.5, 0.6) is 0 Å². The number of aliphatic imine (C=N–C) groups is 1. The van der Waals surface area contributed by atoms with Crippen LogP contribution in [0.25, 0.3) is 0 Å². The third kappa shape index (κ3) is 9.53. The predicted molar refractivity (Wildman–Crippen MR) is 125 cm³/mol. The molecule has 0 spiro atoms. The van der Waals surface area contributed by atoms with Crippen molar-refractivity contribution in [2.75, 3.05) is 13.1 Å². The van der Waals surface area contributed by atoms with E-state index in [-0.39, 0.29) is 30.1 Å². The number of benzene rings is 1. The monoisotopic (exact) mass is 502 g/mol. The normalized spacial score (nSPS) is 11.4. The molecular formula is C20H31IN4OS. The zero-order chi connectivity index (χ0) is 18.8. The summed E-state index contributed by atoms with van der Waals surface area (Å²) in [5.74, 6) is 0.836. The van der Waals surface area contributed by atoms with E-state index in [4.69, 9.17) is 9.73 Å². The third-order valence-corrected chi connectivity index (χ3v) is 4.50. The maximum Gasteiger partial charge on any atom is 0.191 e. The molecule has 27 heavy (non-hydrogen) atoms. The summed E-state index contributed by atoms with van der Waals surface area (Å²) in [5, 5.41) is 9.91. The van der Waals surface area contributed by atoms with Gasteiger partial charge in [0.15, 0.2) is 5.96 Å². The molecule has 0 aliphatic carbocycles. The van der Waals surface area contributed by atoms with Gasteiger partial charge in [-0.1, -0.05) is 24.3 Å². The van der Waals surface area contributed by atoms with Crippen molar-refractivity contribution in [2.45, 2.75) is 53.4 Å². The van der Waals surface area contributed by atoms with Gasteiger partial charge in [-0.2, -0.15) is 0 Å². The fourth-order valence-corrected chi connectivity index (χ4v) is 3.07. The zero-order valence-electron chi connectivity index (χ0n) is 16.6. The number of ether oxygens (including phenoxy) is 1. The number of hydrogen-bond acceptors (Lipinski definition) is 4. The van der Waals surface area contributed by atoms with Crippen molar-refractivity contribution in [1.82, 2.24) is 15.6 Å². The first-order valence-corrected chi connectivity index (χ1v) is 10.1. The molecule has 0 aliphatic rings. The number of nitrogens with one attached hydrogen (secondary N) is 2. The van der Waals surface area contributed by atoms with Gasteiger partial charge in [-0.25, -0.2) is 9.98 Å². The van der Waals surface area contributed by atoms with Gasteiger partial charge in [0.1, 0.15) is 0 Å². The van der Waals surface area contributed by atoms with Crippen LogP contribution >= 0.6 is 35.3 Å². The van der Waals surface area contributed by atoms with Crippen molar-refractivity contribution >= 4 is 41.3 Å². The van der Waals surface area contributed by atoms with Gasteiger partial charge in [0.2, 0.25) is 0 Å². The van der Waals surface area contributed by atoms with Crippen molar-refractivity contribution in [2.24, 2.45) is 4.99 Å². The van der Waals surface area contributed by atoms with Crippen molar-refractivity contribution in [3.63, 3.8) is 0 Å². The number of rotatable bonds is 9. The standard InChI is InChI=1S/C20H30N4OS.HI/c1-5-21-20(22-10-9-19-14-26-16(4)24-19)23-12-17-7-6-8-18(11-17)13-25-15(2)3;/h6-8,11,14-15H,5,9-10,12-13H2,1-4H3,(H2,21,22,23);1H. The maximum absolute atomic E-state index is 5.68. The maximum atomic E-state index is 5.68. The van der Waals surface area contributed by atoms with Gasteiger partial charge in [0.05, 0.1) is 30.0 Å². The molecule has 1 heterocycles. The minimum absolute atomic E-state index is 0. The number of thiazole rings is 1. The van der Waals surface area contributed by atoms with Crippen LogP contribution in [-0.2, 0) is 24.3 Å². The first-order chi connectivity index (χ1) is 12.6. The van der Waals surface area contributed by atoms with Gasteiger partial charge in [-0.05, 0) is 38.8 Å². The summed E-state index contributed by atoms with van der Waals surface area (Å²) in [4.78, 5) is 9.19. The van der Waals surface area contributed by atoms with Crippen LogP contribution in [0.2, 0.25) is 0 Å². The molecule has 0 atom stereocenters. The number of hydrogen-bond donors (Lipinski definition) is 2. The molecule has 0 saturated heterocycles. The van der Waals surface area contributed by atoms with Crippen LogP contribution in [0.3, 0.4) is 0 Å². The Kier molecular flexibility index (Phi) is 11.5. The molecule has 2 rings (SSSR count). The van der Waals surface area contributed by atoms with Crippen LogP contribution in [-0.4, -0.2) is 30.1 Å². The molecule has 0 bridgehead atoms. The number of aryl methyl sites for hydroxylation is 1. The van der Waals surface area contributed by atoms with Gasteiger partial charge < -0.3 is 15.4 Å². The fourth-order valence-electron chi connectivity index (χ4n) is 2.42. The first kappa shape index (κ1) is 23.8. The first-order valence-electron chi connectivity index (χ1n) is 9.19. The van der Waals surface area contributed by atoms with Crippen LogP contribution < -0.4 is 10.6 Å². The molecule has 0 aliphatic heterocycles. The van der Waals surface area contributed by atoms with E-state index in [1.807, 2.05) is 6.92 Å². The van der Waals surface area contributed by atoms with E-state index in [9.17, 15) is 0 Å². The van der Waals surface area contributed by atoms with E-state index in [0.29, 0.717) is 13.2 Å². The second-order valence-electron chi connectivity index (χ2n) is 6.41. The molecule has 7 heteroatoms. The van der Waals surface area contributed by atoms with Crippen LogP contribution in [0.4, 0.5) is 0 Å². The molecule has 1 aromatic heterocycles. The number of nitrogens with zero attached hydrogens (tertiary/aromatic N) is 2. The smallest absolute Gasteiger partial charge is 0.191 e. The Hall–Kier alpha value is -1.19. The number of guanidine groups is 1. The summed E-state index contributed by atoms with van der Waals surface area (Å²) in [7, 11) is 0. The molecule has 0 unspecified atom stereocenters. The topological polar surface area (TPSA) is 58.5 Å². The Morgan fingerprint density at radius 2 is 2.04 bits per heavy atom. The molecule has 1 aromatic carbocycles. The summed E-state index contributed by atoms with van der Waals surface area (Å²) >= 11 is 1.69. The molecule has 5 nitrogen and oxygen atoms in total. The molecule has 0 saturated carbocycles. The molecule has 2 aromatic rings. The molecule has 0 radical (unpaired) electrons. The predicted octanol–water partition coefficient (Wildman–Crippen LogP) is 4.29. The van der Waals surface area contributed by atoms with E-state index in [2.05, 4.69) is 66.0 Å². The van der Waals surface area contributed by atoms with E-state index in [1.165, 1.54) is 11.1 Å². The van der Waals surface area contributed by atoms with Gasteiger partial charge in [-0.3, -0.25) is 0 Å². The molecular weight excluding hydrogens is 471 g/mol. The average Bonchev–Trinajstić information content (AvgIpc) is 3.03. The highest BCUT2D eigenvalue weighted by atomic mass is 127. The Balaban J connectivity index is 0.00000364. The third-order valence-electron chi connectivity index (χ3n) is 3.68. The Morgan fingerprint density at radius 1 is 1.26 bits per heavy atom. The largest absolute Gasteiger partial charge is 0.374 e. The van der Waals surface area contributed by atoms with E-state index in [0.717, 1.165) is 36.2 Å². The summed E-state index contributed by atoms with van der Waals surface area (Å²) in [6.07, 6.45) is 1.14. The SMILES string of the molecule is CCNC(=NCc1cccc(COC(C)C)c1)NCCc1csc(C)n1.I. The fraction of sp³-hybridized carbons (Fsp3) is 0.500. The summed E-state index contributed by atoms with van der Waals surface area (Å²) in [5.41, 5.74) is 3.50. The van der Waals surface area contributed by atoms with Gasteiger partial charge in [0.25, 0.3) is 0 Å². The lowest BCUT2D eigenvalue weighted by molar-refractivity contribution is 0.0657. The van der Waals surface area contributed by atoms with E-state index >= 15 is 0 Å². The lowest BCUT2D eigenvalue weighted by atomic mass is 10.1. The van der Waals surface area contributed by atoms with Crippen molar-refractivity contribution < 1.29 is 4.74 Å². The Morgan fingerprint density at radius 3 is 2.70 bits per heavy atom. The van der Waals surface area contributed by atoms with Crippen molar-refractivity contribution in [3.05, 3.63) is 51.5 Å². The minimum atomic E-state index is 0. The molecule has 0 fully saturated rings. The second kappa shape index (κ2) is 13.1. The van der Waals surface area contributed by atoms with Gasteiger partial charge in [-0.15, -0.1) is 35.3 Å². The quantitative estimate of drug-likeness (QED) is 0.305. The van der Waals surface area contributed by atoms with Crippen LogP contribution in [0, 0.1) is 6.92 Å². The zero-order valence-corrected chi connectivity index (χ0v) is 19.8. The number of halogens is 1. The van der Waals surface area contributed by atoms with Gasteiger partial charge in [0, 0.05) is 24.9 Å². The van der Waals surface area contributed by atoms with Gasteiger partial charge >= 0.3 is 0 Å². The van der Waals surface area contributed by atoms with Crippen molar-refractivity contribution in [1.29, 1.82) is 0 Å². The average molecular weight is 502 g/mol. The lowest BCUT2D eigenvalue weighted by Crippen LogP contribution is -2.38. The summed E-state index contributed by atoms with van der Waals surface area (Å²) in [6, 6.07) is 8.42. The molecule has 2 N–H and O–H groups in total. The summed E-state index contributed by atoms with van der Waals surface area (Å²) < 4.78 is 5.68. The number of aromatic nitrogens is 1. The van der Waals surface area contributed by atoms with Crippen LogP contribution in [0.1, 0.15) is 42.6 Å². The second-order valence-corrected chi connectivity index (χ2v) is 7.47. The van der Waals surface area contributed by atoms with E-state index < -0.39 is 0 Å². The lowest BCUT2D eigenvalue weighted by Gasteiger charge is -2.11. The van der Waals surface area contributed by atoms with E-state index in [1.54, 1.807) is 11.3 Å². The summed E-state index contributed by atoms with van der Waals surface area (Å²) in [6.45, 7) is 11.1. The Bertz CT molecular complexity index is 703. The minimum Gasteiger partial charge on any atom is -0.374 e. The highest BCUT2D eigenvalue weighted by Crippen LogP contribution is 2.09. The molecule has 150 valence electrons. The molecule has 0 amide bonds. The Labute approximate surface area is 184 Å². The highest BCUT2D eigenvalue weighted by molar-refractivity contribution is 14.0.